The van der Waals surface area contributed by atoms with Crippen molar-refractivity contribution in [3.05, 3.63) is 23.7 Å². The van der Waals surface area contributed by atoms with Gasteiger partial charge >= 0.3 is 0 Å². The molecule has 0 aliphatic carbocycles. The quantitative estimate of drug-likeness (QED) is 0.759. The van der Waals surface area contributed by atoms with E-state index in [-0.39, 0.29) is 24.2 Å². The minimum atomic E-state index is -2.89. The Hall–Kier alpha value is -1.71. The van der Waals surface area contributed by atoms with Crippen LogP contribution in [0.3, 0.4) is 0 Å². The fourth-order valence-corrected chi connectivity index (χ4v) is 4.88. The molecule has 1 atom stereocenters. The van der Waals surface area contributed by atoms with Crippen LogP contribution in [-0.2, 0) is 22.8 Å². The van der Waals surface area contributed by atoms with Gasteiger partial charge in [-0.15, -0.1) is 5.10 Å². The van der Waals surface area contributed by atoms with Crippen molar-refractivity contribution in [1.29, 1.82) is 0 Å². The largest absolute Gasteiger partial charge is 0.458 e. The van der Waals surface area contributed by atoms with E-state index in [4.69, 9.17) is 4.42 Å². The first-order valence-corrected chi connectivity index (χ1v) is 10.2. The molecule has 1 saturated heterocycles. The van der Waals surface area contributed by atoms with Crippen LogP contribution in [0.4, 0.5) is 0 Å². The van der Waals surface area contributed by atoms with Crippen LogP contribution in [-0.4, -0.2) is 70.9 Å². The molecule has 3 heterocycles. The van der Waals surface area contributed by atoms with Gasteiger partial charge in [0.05, 0.1) is 24.7 Å². The van der Waals surface area contributed by atoms with Crippen LogP contribution in [0.1, 0.15) is 18.0 Å². The Morgan fingerprint density at radius 3 is 2.84 bits per heavy atom. The number of furan rings is 1. The number of aliphatic hydroxyl groups is 1. The van der Waals surface area contributed by atoms with Gasteiger partial charge in [-0.05, 0) is 32.5 Å². The number of rotatable bonds is 7. The molecule has 3 rings (SSSR count). The maximum Gasteiger partial charge on any atom is 0.217 e. The third-order valence-electron chi connectivity index (χ3n) is 4.54. The molecule has 2 aromatic rings. The van der Waals surface area contributed by atoms with Crippen LogP contribution in [0.15, 0.2) is 16.5 Å². The van der Waals surface area contributed by atoms with Crippen molar-refractivity contribution in [2.45, 2.75) is 32.4 Å². The molecule has 0 spiro atoms. The molecule has 1 aliphatic rings. The Bertz CT molecular complexity index is 827. The molecule has 0 radical (unpaired) electrons. The Balaban J connectivity index is 1.69. The van der Waals surface area contributed by atoms with Gasteiger partial charge in [-0.1, -0.05) is 0 Å². The van der Waals surface area contributed by atoms with Crippen molar-refractivity contribution in [1.82, 2.24) is 19.7 Å². The summed E-state index contributed by atoms with van der Waals surface area (Å²) in [6.07, 6.45) is 1.30. The molecular weight excluding hydrogens is 344 g/mol. The molecular formula is C16H24N4O4S. The van der Waals surface area contributed by atoms with Crippen molar-refractivity contribution in [3.8, 4) is 11.6 Å². The summed E-state index contributed by atoms with van der Waals surface area (Å²) in [5.74, 6) is 3.14. The maximum absolute atomic E-state index is 11.6. The third-order valence-corrected chi connectivity index (χ3v) is 6.29. The average molecular weight is 368 g/mol. The van der Waals surface area contributed by atoms with Crippen LogP contribution in [0.25, 0.3) is 11.6 Å². The van der Waals surface area contributed by atoms with E-state index in [1.54, 1.807) is 4.68 Å². The van der Waals surface area contributed by atoms with Gasteiger partial charge in [0, 0.05) is 19.0 Å². The zero-order valence-corrected chi connectivity index (χ0v) is 15.4. The van der Waals surface area contributed by atoms with E-state index < -0.39 is 9.84 Å². The summed E-state index contributed by atoms with van der Waals surface area (Å²) in [5.41, 5.74) is 0. The fourth-order valence-electron chi connectivity index (χ4n) is 3.07. The maximum atomic E-state index is 11.6. The lowest BCUT2D eigenvalue weighted by atomic mass is 10.2. The molecule has 1 aliphatic heterocycles. The van der Waals surface area contributed by atoms with Gasteiger partial charge in [-0.3, -0.25) is 0 Å². The van der Waals surface area contributed by atoms with E-state index in [9.17, 15) is 13.5 Å². The lowest BCUT2D eigenvalue weighted by Crippen LogP contribution is -2.34. The van der Waals surface area contributed by atoms with E-state index in [0.29, 0.717) is 37.5 Å². The van der Waals surface area contributed by atoms with E-state index >= 15 is 0 Å². The molecule has 1 unspecified atom stereocenters. The first kappa shape index (κ1) is 18.1. The predicted molar refractivity (Wildman–Crippen MR) is 92.9 cm³/mol. The summed E-state index contributed by atoms with van der Waals surface area (Å²) >= 11 is 0. The summed E-state index contributed by atoms with van der Waals surface area (Å²) in [6, 6.07) is 3.75. The Morgan fingerprint density at radius 2 is 2.24 bits per heavy atom. The smallest absolute Gasteiger partial charge is 0.217 e. The number of likely N-dealkylation sites (N-methyl/N-ethyl adjacent to an activating group) is 1. The van der Waals surface area contributed by atoms with Crippen LogP contribution < -0.4 is 0 Å². The Kier molecular flexibility index (Phi) is 5.26. The van der Waals surface area contributed by atoms with Gasteiger partial charge in [-0.2, -0.15) is 0 Å². The molecule has 1 fully saturated rings. The van der Waals surface area contributed by atoms with Crippen molar-refractivity contribution in [2.24, 2.45) is 0 Å². The molecule has 2 aromatic heterocycles. The summed E-state index contributed by atoms with van der Waals surface area (Å²) in [4.78, 5) is 6.61. The lowest BCUT2D eigenvalue weighted by molar-refractivity contribution is 0.253. The highest BCUT2D eigenvalue weighted by atomic mass is 32.2. The number of aliphatic hydroxyl groups excluding tert-OH is 1. The second kappa shape index (κ2) is 7.27. The first-order valence-electron chi connectivity index (χ1n) is 8.40. The second-order valence-corrected chi connectivity index (χ2v) is 8.72. The van der Waals surface area contributed by atoms with Gasteiger partial charge in [-0.25, -0.2) is 18.1 Å². The Labute approximate surface area is 147 Å². The highest BCUT2D eigenvalue weighted by Crippen LogP contribution is 2.20. The number of sulfone groups is 1. The van der Waals surface area contributed by atoms with Gasteiger partial charge in [0.2, 0.25) is 5.82 Å². The number of aromatic nitrogens is 3. The minimum absolute atomic E-state index is 0.0241. The van der Waals surface area contributed by atoms with Crippen LogP contribution in [0.5, 0.6) is 0 Å². The van der Waals surface area contributed by atoms with Crippen molar-refractivity contribution < 1.29 is 17.9 Å². The summed E-state index contributed by atoms with van der Waals surface area (Å²) in [7, 11) is -0.951. The number of nitrogens with zero attached hydrogens (tertiary/aromatic N) is 4. The number of hydrogen-bond acceptors (Lipinski definition) is 7. The van der Waals surface area contributed by atoms with E-state index in [1.807, 2.05) is 26.1 Å². The highest BCUT2D eigenvalue weighted by Gasteiger charge is 2.30. The SMILES string of the molecule is Cc1ccc(-c2nc(CCN(C)C3CCS(=O)(=O)C3)n(CCO)n2)o1. The summed E-state index contributed by atoms with van der Waals surface area (Å²) in [5, 5.41) is 13.7. The van der Waals surface area contributed by atoms with Crippen molar-refractivity contribution in [2.75, 3.05) is 31.7 Å². The molecule has 8 nitrogen and oxygen atoms in total. The van der Waals surface area contributed by atoms with Gasteiger partial charge < -0.3 is 14.4 Å². The summed E-state index contributed by atoms with van der Waals surface area (Å²) < 4.78 is 30.5. The third kappa shape index (κ3) is 4.28. The zero-order valence-electron chi connectivity index (χ0n) is 14.6. The van der Waals surface area contributed by atoms with Gasteiger partial charge in [0.15, 0.2) is 15.6 Å². The number of aryl methyl sites for hydroxylation is 1. The van der Waals surface area contributed by atoms with E-state index in [2.05, 4.69) is 15.0 Å². The van der Waals surface area contributed by atoms with Gasteiger partial charge in [0.25, 0.3) is 0 Å². The fraction of sp³-hybridized carbons (Fsp3) is 0.625. The number of hydrogen-bond donors (Lipinski definition) is 1. The highest BCUT2D eigenvalue weighted by molar-refractivity contribution is 7.91. The zero-order chi connectivity index (χ0) is 18.0. The first-order chi connectivity index (χ1) is 11.9. The Morgan fingerprint density at radius 1 is 1.44 bits per heavy atom. The standard InChI is InChI=1S/C16H24N4O4S/c1-12-3-4-14(24-12)16-17-15(20(18-16)8-9-21)5-7-19(2)13-6-10-25(22,23)11-13/h3-4,13,21H,5-11H2,1-2H3. The van der Waals surface area contributed by atoms with Crippen molar-refractivity contribution >= 4 is 9.84 Å². The van der Waals surface area contributed by atoms with Crippen molar-refractivity contribution in [3.63, 3.8) is 0 Å². The molecule has 0 bridgehead atoms. The molecule has 0 saturated carbocycles. The van der Waals surface area contributed by atoms with Crippen LogP contribution in [0.2, 0.25) is 0 Å². The minimum Gasteiger partial charge on any atom is -0.458 e. The predicted octanol–water partition coefficient (Wildman–Crippen LogP) is 0.500. The average Bonchev–Trinajstić information content (AvgIpc) is 3.24. The monoisotopic (exact) mass is 368 g/mol. The van der Waals surface area contributed by atoms with Crippen LogP contribution in [0, 0.1) is 6.92 Å². The molecule has 1 N–H and O–H groups in total. The normalized spacial score (nSPS) is 19.8. The molecule has 0 aromatic carbocycles. The lowest BCUT2D eigenvalue weighted by Gasteiger charge is -2.22. The second-order valence-electron chi connectivity index (χ2n) is 6.50. The van der Waals surface area contributed by atoms with Gasteiger partial charge in [0.1, 0.15) is 11.6 Å². The summed E-state index contributed by atoms with van der Waals surface area (Å²) in [6.45, 7) is 2.88. The van der Waals surface area contributed by atoms with E-state index in [1.165, 1.54) is 0 Å². The molecule has 25 heavy (non-hydrogen) atoms. The molecule has 138 valence electrons. The van der Waals surface area contributed by atoms with E-state index in [0.717, 1.165) is 11.6 Å². The van der Waals surface area contributed by atoms with Crippen LogP contribution >= 0.6 is 0 Å². The topological polar surface area (TPSA) is 101 Å². The molecule has 9 heteroatoms. The molecule has 0 amide bonds.